The third-order valence-electron chi connectivity index (χ3n) is 3.73. The predicted molar refractivity (Wildman–Crippen MR) is 105 cm³/mol. The number of aryl methyl sites for hydroxylation is 1. The number of nitrogens with one attached hydrogen (secondary N) is 1. The Kier molecular flexibility index (Phi) is 6.07. The van der Waals surface area contributed by atoms with Crippen molar-refractivity contribution < 1.29 is 14.3 Å². The largest absolute Gasteiger partial charge is 0.490 e. The lowest BCUT2D eigenvalue weighted by atomic mass is 10.2. The number of thiazole rings is 1. The molecule has 26 heavy (non-hydrogen) atoms. The van der Waals surface area contributed by atoms with E-state index in [4.69, 9.17) is 9.47 Å². The average Bonchev–Trinajstić information content (AvgIpc) is 2.99. The number of ether oxygens (including phenoxy) is 2. The number of aromatic nitrogens is 1. The third-order valence-corrected chi connectivity index (χ3v) is 4.67. The van der Waals surface area contributed by atoms with Gasteiger partial charge in [-0.1, -0.05) is 12.1 Å². The summed E-state index contributed by atoms with van der Waals surface area (Å²) in [6.45, 7) is 4.97. The lowest BCUT2D eigenvalue weighted by Gasteiger charge is -2.11. The van der Waals surface area contributed by atoms with E-state index in [1.807, 2.05) is 56.3 Å². The molecule has 0 radical (unpaired) electrons. The fourth-order valence-corrected chi connectivity index (χ4v) is 3.47. The van der Waals surface area contributed by atoms with Crippen molar-refractivity contribution in [2.75, 3.05) is 18.5 Å². The van der Waals surface area contributed by atoms with E-state index in [0.29, 0.717) is 31.8 Å². The summed E-state index contributed by atoms with van der Waals surface area (Å²) in [6.07, 6.45) is 1.03. The molecule has 136 valence electrons. The van der Waals surface area contributed by atoms with E-state index in [9.17, 15) is 4.79 Å². The van der Waals surface area contributed by atoms with Gasteiger partial charge in [0.05, 0.1) is 28.4 Å². The summed E-state index contributed by atoms with van der Waals surface area (Å²) in [4.78, 5) is 16.6. The molecule has 0 saturated heterocycles. The first kappa shape index (κ1) is 18.2. The lowest BCUT2D eigenvalue weighted by molar-refractivity contribution is -0.116. The minimum Gasteiger partial charge on any atom is -0.490 e. The van der Waals surface area contributed by atoms with E-state index in [1.54, 1.807) is 11.3 Å². The Balaban J connectivity index is 1.46. The smallest absolute Gasteiger partial charge is 0.224 e. The molecule has 0 aliphatic heterocycles. The van der Waals surface area contributed by atoms with Gasteiger partial charge in [-0.25, -0.2) is 4.98 Å². The Morgan fingerprint density at radius 1 is 1.15 bits per heavy atom. The van der Waals surface area contributed by atoms with Gasteiger partial charge in [0, 0.05) is 12.1 Å². The number of fused-ring (bicyclic) bond motifs is 1. The van der Waals surface area contributed by atoms with Crippen LogP contribution in [0.4, 0.5) is 5.69 Å². The van der Waals surface area contributed by atoms with Crippen molar-refractivity contribution in [1.29, 1.82) is 0 Å². The van der Waals surface area contributed by atoms with Crippen LogP contribution >= 0.6 is 11.3 Å². The highest BCUT2D eigenvalue weighted by Crippen LogP contribution is 2.27. The van der Waals surface area contributed by atoms with Gasteiger partial charge in [0.1, 0.15) is 0 Å². The summed E-state index contributed by atoms with van der Waals surface area (Å²) in [6, 6.07) is 13.3. The average molecular weight is 370 g/mol. The minimum atomic E-state index is -0.0210. The van der Waals surface area contributed by atoms with Gasteiger partial charge in [-0.15, -0.1) is 11.3 Å². The molecule has 0 aliphatic carbocycles. The molecule has 0 aliphatic rings. The number of para-hydroxylation sites is 2. The van der Waals surface area contributed by atoms with Crippen molar-refractivity contribution in [3.8, 4) is 11.5 Å². The van der Waals surface area contributed by atoms with Gasteiger partial charge in [-0.3, -0.25) is 4.79 Å². The maximum atomic E-state index is 12.1. The van der Waals surface area contributed by atoms with E-state index >= 15 is 0 Å². The first-order valence-electron chi connectivity index (χ1n) is 8.67. The molecule has 0 spiro atoms. The maximum absolute atomic E-state index is 12.1. The summed E-state index contributed by atoms with van der Waals surface area (Å²) in [5.41, 5.74) is 1.76. The molecule has 1 N–H and O–H groups in total. The van der Waals surface area contributed by atoms with Crippen LogP contribution in [0.15, 0.2) is 42.5 Å². The highest BCUT2D eigenvalue weighted by atomic mass is 32.1. The highest BCUT2D eigenvalue weighted by molar-refractivity contribution is 7.18. The normalized spacial score (nSPS) is 10.7. The highest BCUT2D eigenvalue weighted by Gasteiger charge is 2.07. The van der Waals surface area contributed by atoms with Gasteiger partial charge >= 0.3 is 0 Å². The second-order valence-corrected chi connectivity index (χ2v) is 7.03. The second kappa shape index (κ2) is 8.67. The molecule has 3 rings (SSSR count). The number of hydrogen-bond donors (Lipinski definition) is 1. The molecule has 0 atom stereocenters. The van der Waals surface area contributed by atoms with Crippen LogP contribution in [-0.2, 0) is 4.79 Å². The summed E-state index contributed by atoms with van der Waals surface area (Å²) in [5.74, 6) is 1.42. The van der Waals surface area contributed by atoms with Crippen LogP contribution in [0, 0.1) is 6.92 Å². The van der Waals surface area contributed by atoms with Crippen LogP contribution in [0.3, 0.4) is 0 Å². The monoisotopic (exact) mass is 370 g/mol. The zero-order chi connectivity index (χ0) is 18.4. The van der Waals surface area contributed by atoms with Crippen molar-refractivity contribution in [1.82, 2.24) is 4.98 Å². The number of hydrogen-bond acceptors (Lipinski definition) is 5. The number of nitrogens with zero attached hydrogens (tertiary/aromatic N) is 1. The fourth-order valence-electron chi connectivity index (χ4n) is 2.60. The standard InChI is InChI=1S/C20H22N2O3S/c1-3-24-17-7-4-5-8-18(17)25-12-6-9-20(23)22-15-10-11-16-19(13-15)26-14(2)21-16/h4-5,7-8,10-11,13H,3,6,9,12H2,1-2H3,(H,22,23). The van der Waals surface area contributed by atoms with Gasteiger partial charge in [-0.2, -0.15) is 0 Å². The van der Waals surface area contributed by atoms with Crippen molar-refractivity contribution in [3.05, 3.63) is 47.5 Å². The summed E-state index contributed by atoms with van der Waals surface area (Å²) in [7, 11) is 0. The van der Waals surface area contributed by atoms with Crippen LogP contribution in [0.5, 0.6) is 11.5 Å². The van der Waals surface area contributed by atoms with Crippen molar-refractivity contribution >= 4 is 33.1 Å². The molecular weight excluding hydrogens is 348 g/mol. The Bertz CT molecular complexity index is 892. The van der Waals surface area contributed by atoms with E-state index in [2.05, 4.69) is 10.3 Å². The Morgan fingerprint density at radius 2 is 1.92 bits per heavy atom. The quantitative estimate of drug-likeness (QED) is 0.579. The van der Waals surface area contributed by atoms with Crippen LogP contribution < -0.4 is 14.8 Å². The Morgan fingerprint density at radius 3 is 2.69 bits per heavy atom. The Labute approximate surface area is 157 Å². The summed E-state index contributed by atoms with van der Waals surface area (Å²) in [5, 5.41) is 3.95. The van der Waals surface area contributed by atoms with Gasteiger partial charge in [0.25, 0.3) is 0 Å². The zero-order valence-electron chi connectivity index (χ0n) is 15.0. The number of carbonyl (C=O) groups excluding carboxylic acids is 1. The first-order valence-corrected chi connectivity index (χ1v) is 9.49. The molecule has 1 heterocycles. The summed E-state index contributed by atoms with van der Waals surface area (Å²) < 4.78 is 12.3. The molecule has 0 saturated carbocycles. The van der Waals surface area contributed by atoms with Crippen LogP contribution in [0.1, 0.15) is 24.8 Å². The molecule has 0 unspecified atom stereocenters. The summed E-state index contributed by atoms with van der Waals surface area (Å²) >= 11 is 1.62. The third kappa shape index (κ3) is 4.73. The van der Waals surface area contributed by atoms with Crippen molar-refractivity contribution in [3.63, 3.8) is 0 Å². The molecule has 0 fully saturated rings. The first-order chi connectivity index (χ1) is 12.7. The minimum absolute atomic E-state index is 0.0210. The predicted octanol–water partition coefficient (Wildman–Crippen LogP) is 4.80. The molecular formula is C20H22N2O3S. The zero-order valence-corrected chi connectivity index (χ0v) is 15.8. The van der Waals surface area contributed by atoms with E-state index in [1.165, 1.54) is 0 Å². The molecule has 5 nitrogen and oxygen atoms in total. The number of carbonyl (C=O) groups is 1. The molecule has 0 bridgehead atoms. The fraction of sp³-hybridized carbons (Fsp3) is 0.300. The topological polar surface area (TPSA) is 60.5 Å². The van der Waals surface area contributed by atoms with Crippen LogP contribution in [0.2, 0.25) is 0 Å². The van der Waals surface area contributed by atoms with Gasteiger partial charge in [0.15, 0.2) is 11.5 Å². The molecule has 3 aromatic rings. The van der Waals surface area contributed by atoms with E-state index in [-0.39, 0.29) is 5.91 Å². The van der Waals surface area contributed by atoms with E-state index < -0.39 is 0 Å². The Hall–Kier alpha value is -2.60. The van der Waals surface area contributed by atoms with E-state index in [0.717, 1.165) is 26.7 Å². The molecule has 2 aromatic carbocycles. The maximum Gasteiger partial charge on any atom is 0.224 e. The molecule has 6 heteroatoms. The SMILES string of the molecule is CCOc1ccccc1OCCCC(=O)Nc1ccc2nc(C)sc2c1. The van der Waals surface area contributed by atoms with Crippen molar-refractivity contribution in [2.24, 2.45) is 0 Å². The van der Waals surface area contributed by atoms with Gasteiger partial charge < -0.3 is 14.8 Å². The number of benzene rings is 2. The lowest BCUT2D eigenvalue weighted by Crippen LogP contribution is -2.12. The van der Waals surface area contributed by atoms with Gasteiger partial charge in [0.2, 0.25) is 5.91 Å². The second-order valence-electron chi connectivity index (χ2n) is 5.80. The molecule has 1 aromatic heterocycles. The number of anilines is 1. The van der Waals surface area contributed by atoms with Crippen molar-refractivity contribution in [2.45, 2.75) is 26.7 Å². The number of rotatable bonds is 8. The van der Waals surface area contributed by atoms with Crippen LogP contribution in [0.25, 0.3) is 10.2 Å². The van der Waals surface area contributed by atoms with Gasteiger partial charge in [-0.05, 0) is 50.6 Å². The molecule has 1 amide bonds. The van der Waals surface area contributed by atoms with Crippen LogP contribution in [-0.4, -0.2) is 24.1 Å². The number of amides is 1.